The monoisotopic (exact) mass is 290 g/mol. The van der Waals surface area contributed by atoms with Gasteiger partial charge in [0.15, 0.2) is 0 Å². The molecular weight excluding hydrogens is 268 g/mol. The summed E-state index contributed by atoms with van der Waals surface area (Å²) < 4.78 is 0. The minimum Gasteiger partial charge on any atom is -0.370 e. The molecule has 1 unspecified atom stereocenters. The first kappa shape index (κ1) is 13.8. The Labute approximate surface area is 124 Å². The zero-order valence-corrected chi connectivity index (χ0v) is 13.0. The van der Waals surface area contributed by atoms with E-state index in [-0.39, 0.29) is 0 Å². The Morgan fingerprint density at radius 2 is 2.30 bits per heavy atom. The Hall–Kier alpha value is -1.20. The van der Waals surface area contributed by atoms with Gasteiger partial charge in [0.25, 0.3) is 0 Å². The first-order chi connectivity index (χ1) is 9.78. The van der Waals surface area contributed by atoms with Crippen molar-refractivity contribution in [3.8, 4) is 0 Å². The molecule has 1 N–H and O–H groups in total. The second-order valence-corrected chi connectivity index (χ2v) is 6.37. The van der Waals surface area contributed by atoms with E-state index in [2.05, 4.69) is 35.5 Å². The molecule has 0 spiro atoms. The molecule has 0 amide bonds. The molecule has 1 aliphatic heterocycles. The zero-order chi connectivity index (χ0) is 13.9. The van der Waals surface area contributed by atoms with E-state index in [9.17, 15) is 0 Å². The number of thiophene rings is 1. The highest BCUT2D eigenvalue weighted by Crippen LogP contribution is 2.26. The fourth-order valence-electron chi connectivity index (χ4n) is 2.85. The van der Waals surface area contributed by atoms with Gasteiger partial charge in [-0.1, -0.05) is 6.42 Å². The van der Waals surface area contributed by atoms with Gasteiger partial charge in [-0.2, -0.15) is 0 Å². The second kappa shape index (κ2) is 6.06. The van der Waals surface area contributed by atoms with Crippen molar-refractivity contribution in [3.05, 3.63) is 17.3 Å². The highest BCUT2D eigenvalue weighted by Gasteiger charge is 2.20. The maximum absolute atomic E-state index is 4.73. The van der Waals surface area contributed by atoms with Gasteiger partial charge in [0.05, 0.1) is 11.9 Å². The minimum absolute atomic E-state index is 0.647. The van der Waals surface area contributed by atoms with Crippen molar-refractivity contribution in [2.45, 2.75) is 45.7 Å². The van der Waals surface area contributed by atoms with E-state index >= 15 is 0 Å². The van der Waals surface area contributed by atoms with E-state index in [1.807, 2.05) is 0 Å². The fourth-order valence-corrected chi connectivity index (χ4v) is 3.63. The Morgan fingerprint density at radius 1 is 1.40 bits per heavy atom. The van der Waals surface area contributed by atoms with Crippen LogP contribution in [0.5, 0.6) is 0 Å². The van der Waals surface area contributed by atoms with Gasteiger partial charge in [-0.3, -0.25) is 4.90 Å². The average molecular weight is 290 g/mol. The quantitative estimate of drug-likeness (QED) is 0.935. The maximum atomic E-state index is 4.73. The predicted octanol–water partition coefficient (Wildman–Crippen LogP) is 3.50. The van der Waals surface area contributed by atoms with Crippen LogP contribution in [0.2, 0.25) is 0 Å². The van der Waals surface area contributed by atoms with Crippen molar-refractivity contribution in [2.24, 2.45) is 0 Å². The molecule has 1 atom stereocenters. The van der Waals surface area contributed by atoms with Gasteiger partial charge in [-0.25, -0.2) is 9.97 Å². The summed E-state index contributed by atoms with van der Waals surface area (Å²) in [4.78, 5) is 13.1. The zero-order valence-electron chi connectivity index (χ0n) is 12.2. The van der Waals surface area contributed by atoms with Gasteiger partial charge in [0.2, 0.25) is 0 Å². The Bertz CT molecular complexity index is 580. The Balaban J connectivity index is 1.86. The average Bonchev–Trinajstić information content (AvgIpc) is 2.90. The third-order valence-electron chi connectivity index (χ3n) is 4.00. The summed E-state index contributed by atoms with van der Waals surface area (Å²) in [7, 11) is 0. The largest absolute Gasteiger partial charge is 0.370 e. The first-order valence-electron chi connectivity index (χ1n) is 7.50. The number of piperidine rings is 1. The third kappa shape index (κ3) is 2.79. The Kier molecular flexibility index (Phi) is 4.17. The van der Waals surface area contributed by atoms with Crippen LogP contribution >= 0.6 is 11.3 Å². The molecule has 108 valence electrons. The van der Waals surface area contributed by atoms with E-state index in [1.165, 1.54) is 25.8 Å². The van der Waals surface area contributed by atoms with Gasteiger partial charge in [-0.15, -0.1) is 11.3 Å². The number of hydrogen-bond donors (Lipinski definition) is 1. The summed E-state index contributed by atoms with van der Waals surface area (Å²) in [6.07, 6.45) is 3.94. The van der Waals surface area contributed by atoms with Crippen molar-refractivity contribution < 1.29 is 0 Å². The van der Waals surface area contributed by atoms with E-state index < -0.39 is 0 Å². The van der Waals surface area contributed by atoms with Crippen LogP contribution in [0, 0.1) is 0 Å². The summed E-state index contributed by atoms with van der Waals surface area (Å²) in [5.74, 6) is 1.93. The number of anilines is 1. The van der Waals surface area contributed by atoms with Crippen LogP contribution in [0.15, 0.2) is 11.4 Å². The van der Waals surface area contributed by atoms with Crippen molar-refractivity contribution in [2.75, 3.05) is 18.4 Å². The SMILES string of the molecule is CCNc1nc(CN2CCCCC2C)nc2sccc12. The van der Waals surface area contributed by atoms with E-state index in [0.29, 0.717) is 6.04 Å². The lowest BCUT2D eigenvalue weighted by Gasteiger charge is -2.32. The van der Waals surface area contributed by atoms with E-state index in [4.69, 9.17) is 9.97 Å². The third-order valence-corrected chi connectivity index (χ3v) is 4.81. The van der Waals surface area contributed by atoms with Crippen molar-refractivity contribution in [3.63, 3.8) is 0 Å². The summed E-state index contributed by atoms with van der Waals surface area (Å²) in [5, 5.41) is 6.60. The van der Waals surface area contributed by atoms with Crippen LogP contribution in [-0.4, -0.2) is 34.0 Å². The number of nitrogens with one attached hydrogen (secondary N) is 1. The highest BCUT2D eigenvalue weighted by atomic mass is 32.1. The lowest BCUT2D eigenvalue weighted by atomic mass is 10.0. The van der Waals surface area contributed by atoms with Gasteiger partial charge < -0.3 is 5.32 Å². The van der Waals surface area contributed by atoms with Gasteiger partial charge in [-0.05, 0) is 44.7 Å². The van der Waals surface area contributed by atoms with Crippen molar-refractivity contribution in [1.82, 2.24) is 14.9 Å². The minimum atomic E-state index is 0.647. The van der Waals surface area contributed by atoms with Crippen LogP contribution < -0.4 is 5.32 Å². The summed E-state index contributed by atoms with van der Waals surface area (Å²) in [6.45, 7) is 7.35. The molecule has 20 heavy (non-hydrogen) atoms. The summed E-state index contributed by atoms with van der Waals surface area (Å²) in [5.41, 5.74) is 0. The topological polar surface area (TPSA) is 41.1 Å². The number of fused-ring (bicyclic) bond motifs is 1. The molecule has 1 aliphatic rings. The number of rotatable bonds is 4. The summed E-state index contributed by atoms with van der Waals surface area (Å²) >= 11 is 1.69. The van der Waals surface area contributed by atoms with Crippen LogP contribution in [0.1, 0.15) is 38.9 Å². The molecule has 0 saturated carbocycles. The normalized spacial score (nSPS) is 20.4. The smallest absolute Gasteiger partial charge is 0.146 e. The van der Waals surface area contributed by atoms with Crippen LogP contribution in [0.25, 0.3) is 10.2 Å². The molecule has 2 aromatic heterocycles. The number of likely N-dealkylation sites (tertiary alicyclic amines) is 1. The number of nitrogens with zero attached hydrogens (tertiary/aromatic N) is 3. The predicted molar refractivity (Wildman–Crippen MR) is 85.3 cm³/mol. The molecule has 3 heterocycles. The number of aromatic nitrogens is 2. The van der Waals surface area contributed by atoms with Crippen molar-refractivity contribution in [1.29, 1.82) is 0 Å². The molecule has 4 nitrogen and oxygen atoms in total. The van der Waals surface area contributed by atoms with Crippen molar-refractivity contribution >= 4 is 27.4 Å². The molecule has 2 aromatic rings. The molecule has 1 fully saturated rings. The lowest BCUT2D eigenvalue weighted by molar-refractivity contribution is 0.149. The van der Waals surface area contributed by atoms with Gasteiger partial charge >= 0.3 is 0 Å². The maximum Gasteiger partial charge on any atom is 0.146 e. The molecular formula is C15H22N4S. The second-order valence-electron chi connectivity index (χ2n) is 5.47. The molecule has 0 radical (unpaired) electrons. The standard InChI is InChI=1S/C15H22N4S/c1-3-16-14-12-7-9-20-15(12)18-13(17-14)10-19-8-5-4-6-11(19)2/h7,9,11H,3-6,8,10H2,1-2H3,(H,16,17,18). The number of hydrogen-bond acceptors (Lipinski definition) is 5. The first-order valence-corrected chi connectivity index (χ1v) is 8.38. The van der Waals surface area contributed by atoms with Crippen LogP contribution in [-0.2, 0) is 6.54 Å². The van der Waals surface area contributed by atoms with Gasteiger partial charge in [0.1, 0.15) is 16.5 Å². The molecule has 1 saturated heterocycles. The van der Waals surface area contributed by atoms with Crippen LogP contribution in [0.3, 0.4) is 0 Å². The lowest BCUT2D eigenvalue weighted by Crippen LogP contribution is -2.37. The highest BCUT2D eigenvalue weighted by molar-refractivity contribution is 7.16. The van der Waals surface area contributed by atoms with Crippen LogP contribution in [0.4, 0.5) is 5.82 Å². The molecule has 0 aromatic carbocycles. The molecule has 5 heteroatoms. The molecule has 3 rings (SSSR count). The molecule has 0 bridgehead atoms. The fraction of sp³-hybridized carbons (Fsp3) is 0.600. The molecule has 0 aliphatic carbocycles. The summed E-state index contributed by atoms with van der Waals surface area (Å²) in [6, 6.07) is 2.75. The van der Waals surface area contributed by atoms with E-state index in [0.717, 1.165) is 34.9 Å². The van der Waals surface area contributed by atoms with E-state index in [1.54, 1.807) is 11.3 Å². The van der Waals surface area contributed by atoms with Gasteiger partial charge in [0, 0.05) is 12.6 Å². The Morgan fingerprint density at radius 3 is 3.10 bits per heavy atom.